The molecule has 0 heterocycles. The first-order chi connectivity index (χ1) is 13.4. The molecule has 0 spiro atoms. The summed E-state index contributed by atoms with van der Waals surface area (Å²) in [5.41, 5.74) is 2.43. The third-order valence-corrected chi connectivity index (χ3v) is 3.93. The first-order valence-corrected chi connectivity index (χ1v) is 8.80. The molecule has 7 heteroatoms. The molecule has 0 aliphatic rings. The molecule has 7 nitrogen and oxygen atoms in total. The lowest BCUT2D eigenvalue weighted by Crippen LogP contribution is -2.32. The minimum absolute atomic E-state index is 0.238. The van der Waals surface area contributed by atoms with Crippen LogP contribution in [0.1, 0.15) is 21.5 Å². The Labute approximate surface area is 164 Å². The van der Waals surface area contributed by atoms with Crippen molar-refractivity contribution in [3.8, 4) is 17.2 Å². The molecule has 2 rings (SSSR count). The lowest BCUT2D eigenvalue weighted by Gasteiger charge is -2.11. The number of benzene rings is 2. The van der Waals surface area contributed by atoms with E-state index in [0.717, 1.165) is 16.9 Å². The molecule has 0 saturated carbocycles. The average Bonchev–Trinajstić information content (AvgIpc) is 2.70. The summed E-state index contributed by atoms with van der Waals surface area (Å²) < 4.78 is 20.9. The van der Waals surface area contributed by atoms with Gasteiger partial charge < -0.3 is 24.3 Å². The van der Waals surface area contributed by atoms with Crippen molar-refractivity contribution in [3.05, 3.63) is 53.1 Å². The van der Waals surface area contributed by atoms with E-state index in [9.17, 15) is 9.59 Å². The fourth-order valence-electron chi connectivity index (χ4n) is 2.50. The van der Waals surface area contributed by atoms with Crippen LogP contribution < -0.4 is 19.5 Å². The maximum absolute atomic E-state index is 12.1. The first kappa shape index (κ1) is 21.1. The molecular weight excluding hydrogens is 362 g/mol. The van der Waals surface area contributed by atoms with E-state index in [0.29, 0.717) is 24.7 Å². The molecule has 1 N–H and O–H groups in total. The third-order valence-electron chi connectivity index (χ3n) is 3.93. The van der Waals surface area contributed by atoms with Gasteiger partial charge in [-0.15, -0.1) is 0 Å². The van der Waals surface area contributed by atoms with Crippen molar-refractivity contribution in [2.24, 2.45) is 0 Å². The van der Waals surface area contributed by atoms with E-state index in [-0.39, 0.29) is 12.2 Å². The molecule has 2 aromatic rings. The Morgan fingerprint density at radius 2 is 1.64 bits per heavy atom. The predicted octanol–water partition coefficient (Wildman–Crippen LogP) is 2.67. The Kier molecular flexibility index (Phi) is 7.68. The number of aryl methyl sites for hydroxylation is 2. The summed E-state index contributed by atoms with van der Waals surface area (Å²) in [5, 5.41) is 2.65. The van der Waals surface area contributed by atoms with E-state index >= 15 is 0 Å². The Morgan fingerprint density at radius 3 is 2.25 bits per heavy atom. The van der Waals surface area contributed by atoms with Gasteiger partial charge >= 0.3 is 5.97 Å². The van der Waals surface area contributed by atoms with Gasteiger partial charge in [0.15, 0.2) is 6.61 Å². The lowest BCUT2D eigenvalue weighted by molar-refractivity contribution is -0.124. The Bertz CT molecular complexity index is 811. The predicted molar refractivity (Wildman–Crippen MR) is 104 cm³/mol. The van der Waals surface area contributed by atoms with Gasteiger partial charge in [0.2, 0.25) is 0 Å². The summed E-state index contributed by atoms with van der Waals surface area (Å²) in [5.74, 6) is 0.642. The Morgan fingerprint density at radius 1 is 0.964 bits per heavy atom. The summed E-state index contributed by atoms with van der Waals surface area (Å²) in [6, 6.07) is 10.6. The highest BCUT2D eigenvalue weighted by molar-refractivity contribution is 5.92. The molecule has 0 radical (unpaired) electrons. The number of carbonyl (C=O) groups is 2. The zero-order valence-electron chi connectivity index (χ0n) is 16.5. The number of ether oxygens (including phenoxy) is 4. The SMILES string of the molecule is COc1cc(OC)cc(C(=O)OCC(=O)NCCOc2ccc(C)cc2C)c1. The molecule has 0 fully saturated rings. The van der Waals surface area contributed by atoms with Crippen molar-refractivity contribution in [1.82, 2.24) is 5.32 Å². The molecule has 0 atom stereocenters. The fourth-order valence-corrected chi connectivity index (χ4v) is 2.50. The monoisotopic (exact) mass is 387 g/mol. The van der Waals surface area contributed by atoms with Crippen LogP contribution in [0.3, 0.4) is 0 Å². The molecule has 0 aliphatic heterocycles. The molecule has 0 saturated heterocycles. The molecule has 28 heavy (non-hydrogen) atoms. The topological polar surface area (TPSA) is 83.1 Å². The average molecular weight is 387 g/mol. The van der Waals surface area contributed by atoms with Gasteiger partial charge in [-0.1, -0.05) is 17.7 Å². The van der Waals surface area contributed by atoms with Gasteiger partial charge in [-0.05, 0) is 37.6 Å². The van der Waals surface area contributed by atoms with E-state index in [1.54, 1.807) is 6.07 Å². The van der Waals surface area contributed by atoms with Crippen LogP contribution in [0.5, 0.6) is 17.2 Å². The van der Waals surface area contributed by atoms with Gasteiger partial charge in [-0.25, -0.2) is 4.79 Å². The molecule has 0 bridgehead atoms. The molecule has 0 unspecified atom stereocenters. The molecular formula is C21H25NO6. The first-order valence-electron chi connectivity index (χ1n) is 8.80. The van der Waals surface area contributed by atoms with E-state index in [2.05, 4.69) is 5.32 Å². The van der Waals surface area contributed by atoms with Crippen LogP contribution in [-0.4, -0.2) is 45.9 Å². The highest BCUT2D eigenvalue weighted by Gasteiger charge is 2.13. The van der Waals surface area contributed by atoms with E-state index in [1.807, 2.05) is 32.0 Å². The van der Waals surface area contributed by atoms with Crippen LogP contribution in [0.4, 0.5) is 0 Å². The van der Waals surface area contributed by atoms with Crippen molar-refractivity contribution in [2.45, 2.75) is 13.8 Å². The highest BCUT2D eigenvalue weighted by atomic mass is 16.5. The maximum Gasteiger partial charge on any atom is 0.338 e. The lowest BCUT2D eigenvalue weighted by atomic mass is 10.1. The minimum atomic E-state index is -0.640. The van der Waals surface area contributed by atoms with Crippen molar-refractivity contribution in [2.75, 3.05) is 34.0 Å². The third kappa shape index (κ3) is 6.19. The molecule has 0 aliphatic carbocycles. The molecule has 1 amide bonds. The fraction of sp³-hybridized carbons (Fsp3) is 0.333. The van der Waals surface area contributed by atoms with Crippen molar-refractivity contribution in [3.63, 3.8) is 0 Å². The quantitative estimate of drug-likeness (QED) is 0.526. The van der Waals surface area contributed by atoms with Gasteiger partial charge in [0, 0.05) is 6.07 Å². The number of carbonyl (C=O) groups excluding carboxylic acids is 2. The van der Waals surface area contributed by atoms with E-state index in [4.69, 9.17) is 18.9 Å². The van der Waals surface area contributed by atoms with Crippen LogP contribution in [0.25, 0.3) is 0 Å². The highest BCUT2D eigenvalue weighted by Crippen LogP contribution is 2.23. The van der Waals surface area contributed by atoms with E-state index < -0.39 is 11.9 Å². The van der Waals surface area contributed by atoms with Crippen LogP contribution >= 0.6 is 0 Å². The van der Waals surface area contributed by atoms with Crippen LogP contribution in [0, 0.1) is 13.8 Å². The second-order valence-corrected chi connectivity index (χ2v) is 6.14. The van der Waals surface area contributed by atoms with E-state index in [1.165, 1.54) is 26.4 Å². The number of amides is 1. The van der Waals surface area contributed by atoms with Crippen molar-refractivity contribution in [1.29, 1.82) is 0 Å². The minimum Gasteiger partial charge on any atom is -0.497 e. The van der Waals surface area contributed by atoms with Gasteiger partial charge in [0.1, 0.15) is 23.9 Å². The number of hydrogen-bond acceptors (Lipinski definition) is 6. The standard InChI is InChI=1S/C21H25NO6/c1-14-5-6-19(15(2)9-14)27-8-7-22-20(23)13-28-21(24)16-10-17(25-3)12-18(11-16)26-4/h5-6,9-12H,7-8,13H2,1-4H3,(H,22,23). The van der Waals surface area contributed by atoms with Gasteiger partial charge in [0.25, 0.3) is 5.91 Å². The summed E-state index contributed by atoms with van der Waals surface area (Å²) >= 11 is 0. The van der Waals surface area contributed by atoms with Crippen LogP contribution in [-0.2, 0) is 9.53 Å². The second-order valence-electron chi connectivity index (χ2n) is 6.14. The Hall–Kier alpha value is -3.22. The number of hydrogen-bond donors (Lipinski definition) is 1. The largest absolute Gasteiger partial charge is 0.497 e. The summed E-state index contributed by atoms with van der Waals surface area (Å²) in [6.45, 7) is 4.21. The smallest absolute Gasteiger partial charge is 0.338 e. The zero-order valence-corrected chi connectivity index (χ0v) is 16.5. The van der Waals surface area contributed by atoms with Crippen molar-refractivity contribution >= 4 is 11.9 Å². The number of esters is 1. The Balaban J connectivity index is 1.75. The normalized spacial score (nSPS) is 10.1. The molecule has 2 aromatic carbocycles. The maximum atomic E-state index is 12.1. The van der Waals surface area contributed by atoms with Gasteiger partial charge in [-0.3, -0.25) is 4.79 Å². The molecule has 150 valence electrons. The number of methoxy groups -OCH3 is 2. The van der Waals surface area contributed by atoms with Crippen molar-refractivity contribution < 1.29 is 28.5 Å². The number of nitrogens with one attached hydrogen (secondary N) is 1. The second kappa shape index (κ2) is 10.2. The summed E-state index contributed by atoms with van der Waals surface area (Å²) in [7, 11) is 2.97. The zero-order chi connectivity index (χ0) is 20.5. The summed E-state index contributed by atoms with van der Waals surface area (Å²) in [4.78, 5) is 24.0. The van der Waals surface area contributed by atoms with Gasteiger partial charge in [-0.2, -0.15) is 0 Å². The van der Waals surface area contributed by atoms with Crippen LogP contribution in [0.15, 0.2) is 36.4 Å². The molecule has 0 aromatic heterocycles. The van der Waals surface area contributed by atoms with Gasteiger partial charge in [0.05, 0.1) is 26.3 Å². The number of rotatable bonds is 9. The van der Waals surface area contributed by atoms with Crippen LogP contribution in [0.2, 0.25) is 0 Å². The summed E-state index contributed by atoms with van der Waals surface area (Å²) in [6.07, 6.45) is 0.